The molecule has 0 unspecified atom stereocenters. The van der Waals surface area contributed by atoms with Crippen LogP contribution in [0.5, 0.6) is 0 Å². The van der Waals surface area contributed by atoms with Gasteiger partial charge in [0, 0.05) is 24.2 Å². The Kier molecular flexibility index (Phi) is 7.17. The van der Waals surface area contributed by atoms with Gasteiger partial charge >= 0.3 is 0 Å². The van der Waals surface area contributed by atoms with Crippen molar-refractivity contribution in [2.24, 2.45) is 4.99 Å². The van der Waals surface area contributed by atoms with Crippen LogP contribution in [0.1, 0.15) is 11.1 Å². The molecule has 2 heterocycles. The molecular weight excluding hydrogens is 497 g/mol. The Hall–Kier alpha value is -3.53. The lowest BCUT2D eigenvalue weighted by Gasteiger charge is -2.03. The van der Waals surface area contributed by atoms with Crippen molar-refractivity contribution in [2.45, 2.75) is 20.0 Å². The molecule has 0 atom stereocenters. The smallest absolute Gasteiger partial charge is 0.258 e. The second kappa shape index (κ2) is 10.8. The fourth-order valence-electron chi connectivity index (χ4n) is 3.27. The lowest BCUT2D eigenvalue weighted by Crippen LogP contribution is -1.93. The summed E-state index contributed by atoms with van der Waals surface area (Å²) in [5, 5.41) is 12.4. The van der Waals surface area contributed by atoms with Gasteiger partial charge in [-0.25, -0.2) is 9.97 Å². The highest BCUT2D eigenvalue weighted by Gasteiger charge is 2.16. The highest BCUT2D eigenvalue weighted by molar-refractivity contribution is 8.00. The first-order chi connectivity index (χ1) is 17.1. The second-order valence-corrected chi connectivity index (χ2v) is 10.7. The quantitative estimate of drug-likeness (QED) is 0.0909. The van der Waals surface area contributed by atoms with Crippen molar-refractivity contribution in [3.63, 3.8) is 0 Å². The summed E-state index contributed by atoms with van der Waals surface area (Å²) in [7, 11) is 0. The molecule has 0 bridgehead atoms. The summed E-state index contributed by atoms with van der Waals surface area (Å²) < 4.78 is 2.07. The number of nitro benzene ring substituents is 1. The summed E-state index contributed by atoms with van der Waals surface area (Å²) >= 11 is 4.63. The van der Waals surface area contributed by atoms with Gasteiger partial charge in [0.1, 0.15) is 5.03 Å². The number of aromatic nitrogens is 2. The fraction of sp³-hybridized carbons (Fsp3) is 0.0385. The summed E-state index contributed by atoms with van der Waals surface area (Å²) in [6.07, 6.45) is 3.32. The van der Waals surface area contributed by atoms with E-state index in [1.165, 1.54) is 17.3 Å². The number of hydrogen-bond donors (Lipinski definition) is 0. The third-order valence-corrected chi connectivity index (χ3v) is 8.20. The van der Waals surface area contributed by atoms with Gasteiger partial charge in [0.05, 0.1) is 25.7 Å². The molecule has 0 amide bonds. The molecule has 0 aliphatic rings. The average Bonchev–Trinajstić information content (AvgIpc) is 3.30. The molecule has 0 fully saturated rings. The van der Waals surface area contributed by atoms with Crippen LogP contribution >= 0.6 is 34.9 Å². The van der Waals surface area contributed by atoms with E-state index < -0.39 is 0 Å². The number of rotatable bonds is 8. The molecule has 0 aliphatic carbocycles. The van der Waals surface area contributed by atoms with Gasteiger partial charge in [-0.3, -0.25) is 15.1 Å². The predicted octanol–water partition coefficient (Wildman–Crippen LogP) is 7.79. The topological polar surface area (TPSA) is 81.3 Å². The molecule has 0 saturated carbocycles. The van der Waals surface area contributed by atoms with E-state index in [4.69, 9.17) is 4.98 Å². The number of nitro groups is 1. The monoisotopic (exact) mass is 514 g/mol. The highest BCUT2D eigenvalue weighted by Crippen LogP contribution is 2.35. The van der Waals surface area contributed by atoms with Gasteiger partial charge in [-0.2, -0.15) is 0 Å². The minimum atomic E-state index is -0.374. The van der Waals surface area contributed by atoms with Gasteiger partial charge in [0.2, 0.25) is 0 Å². The Labute approximate surface area is 214 Å². The van der Waals surface area contributed by atoms with Crippen molar-refractivity contribution in [1.29, 1.82) is 0 Å². The first-order valence-electron chi connectivity index (χ1n) is 10.6. The SMILES string of the molecule is O=[N+]([O-])c1cc(C=Nc2ccc3nc(SCc4ccccc4)sc3c2)ccc1Sc1ccccn1. The predicted molar refractivity (Wildman–Crippen MR) is 144 cm³/mol. The summed E-state index contributed by atoms with van der Waals surface area (Å²) in [6.45, 7) is 0. The maximum atomic E-state index is 11.7. The molecule has 172 valence electrons. The van der Waals surface area contributed by atoms with E-state index in [0.29, 0.717) is 15.5 Å². The van der Waals surface area contributed by atoms with Crippen LogP contribution in [0.25, 0.3) is 10.2 Å². The second-order valence-electron chi connectivity index (χ2n) is 7.42. The Bertz CT molecular complexity index is 1510. The van der Waals surface area contributed by atoms with Gasteiger partial charge < -0.3 is 0 Å². The molecular formula is C26H18N4O2S3. The van der Waals surface area contributed by atoms with Crippen molar-refractivity contribution < 1.29 is 4.92 Å². The van der Waals surface area contributed by atoms with E-state index in [1.807, 2.05) is 60.7 Å². The van der Waals surface area contributed by atoms with Crippen LogP contribution < -0.4 is 0 Å². The molecule has 0 saturated heterocycles. The largest absolute Gasteiger partial charge is 0.283 e. The van der Waals surface area contributed by atoms with Crippen LogP contribution in [0.15, 0.2) is 110 Å². The number of thioether (sulfide) groups is 1. The number of pyridine rings is 1. The number of aliphatic imine (C=N–C) groups is 1. The van der Waals surface area contributed by atoms with E-state index in [-0.39, 0.29) is 10.6 Å². The highest BCUT2D eigenvalue weighted by atomic mass is 32.2. The van der Waals surface area contributed by atoms with Crippen LogP contribution in [0.3, 0.4) is 0 Å². The molecule has 0 spiro atoms. The molecule has 35 heavy (non-hydrogen) atoms. The van der Waals surface area contributed by atoms with E-state index in [1.54, 1.807) is 47.6 Å². The molecule has 0 N–H and O–H groups in total. The first-order valence-corrected chi connectivity index (χ1v) is 13.2. The molecule has 2 aromatic heterocycles. The summed E-state index contributed by atoms with van der Waals surface area (Å²) in [4.78, 5) is 25.3. The zero-order chi connectivity index (χ0) is 24.0. The molecule has 0 aliphatic heterocycles. The third-order valence-electron chi connectivity index (χ3n) is 4.95. The Morgan fingerprint density at radius 2 is 1.86 bits per heavy atom. The Morgan fingerprint density at radius 3 is 2.66 bits per heavy atom. The minimum absolute atomic E-state index is 0.0302. The molecule has 0 radical (unpaired) electrons. The van der Waals surface area contributed by atoms with Gasteiger partial charge in [-0.05, 0) is 47.5 Å². The zero-order valence-electron chi connectivity index (χ0n) is 18.3. The van der Waals surface area contributed by atoms with Crippen LogP contribution in [0.4, 0.5) is 11.4 Å². The lowest BCUT2D eigenvalue weighted by atomic mass is 10.2. The van der Waals surface area contributed by atoms with Gasteiger partial charge in [0.15, 0.2) is 4.34 Å². The average molecular weight is 515 g/mol. The molecule has 5 aromatic rings. The van der Waals surface area contributed by atoms with Crippen LogP contribution in [0.2, 0.25) is 0 Å². The van der Waals surface area contributed by atoms with Gasteiger partial charge in [-0.15, -0.1) is 11.3 Å². The van der Waals surface area contributed by atoms with Crippen molar-refractivity contribution >= 4 is 62.7 Å². The van der Waals surface area contributed by atoms with Crippen LogP contribution in [-0.4, -0.2) is 21.1 Å². The standard InChI is InChI=1S/C26H18N4O2S3/c31-30(32)22-14-19(9-12-23(22)34-25-8-4-5-13-27-25)16-28-20-10-11-21-24(15-20)35-26(29-21)33-17-18-6-2-1-3-7-18/h1-16H,17H2. The Balaban J connectivity index is 1.32. The minimum Gasteiger partial charge on any atom is -0.258 e. The van der Waals surface area contributed by atoms with E-state index >= 15 is 0 Å². The summed E-state index contributed by atoms with van der Waals surface area (Å²) in [5.41, 5.74) is 3.67. The maximum absolute atomic E-state index is 11.7. The molecule has 9 heteroatoms. The first kappa shape index (κ1) is 23.2. The molecule has 6 nitrogen and oxygen atoms in total. The van der Waals surface area contributed by atoms with Crippen molar-refractivity contribution in [2.75, 3.05) is 0 Å². The summed E-state index contributed by atoms with van der Waals surface area (Å²) in [6, 6.07) is 26.8. The molecule has 3 aromatic carbocycles. The third kappa shape index (κ3) is 5.94. The number of thiazole rings is 1. The van der Waals surface area contributed by atoms with Gasteiger partial charge in [0.25, 0.3) is 5.69 Å². The van der Waals surface area contributed by atoms with Gasteiger partial charge in [-0.1, -0.05) is 66.0 Å². The van der Waals surface area contributed by atoms with Crippen LogP contribution in [-0.2, 0) is 5.75 Å². The maximum Gasteiger partial charge on any atom is 0.283 e. The van der Waals surface area contributed by atoms with E-state index in [0.717, 1.165) is 26.0 Å². The zero-order valence-corrected chi connectivity index (χ0v) is 20.7. The normalized spacial score (nSPS) is 11.3. The Morgan fingerprint density at radius 1 is 1.00 bits per heavy atom. The number of hydrogen-bond acceptors (Lipinski definition) is 8. The van der Waals surface area contributed by atoms with Crippen molar-refractivity contribution in [3.8, 4) is 0 Å². The number of benzene rings is 3. The summed E-state index contributed by atoms with van der Waals surface area (Å²) in [5.74, 6) is 0.874. The molecule has 5 rings (SSSR count). The van der Waals surface area contributed by atoms with Crippen molar-refractivity contribution in [3.05, 3.63) is 112 Å². The lowest BCUT2D eigenvalue weighted by molar-refractivity contribution is -0.387. The fourth-order valence-corrected chi connectivity index (χ4v) is 6.18. The van der Waals surface area contributed by atoms with Crippen molar-refractivity contribution in [1.82, 2.24) is 9.97 Å². The van der Waals surface area contributed by atoms with E-state index in [2.05, 4.69) is 22.1 Å². The van der Waals surface area contributed by atoms with Crippen LogP contribution in [0, 0.1) is 10.1 Å². The number of fused-ring (bicyclic) bond motifs is 1. The number of nitrogens with zero attached hydrogens (tertiary/aromatic N) is 4. The van der Waals surface area contributed by atoms with E-state index in [9.17, 15) is 10.1 Å².